The number of aliphatic carboxylic acids is 1. The molecule has 2 N–H and O–H groups in total. The molecular formula is C35H40N4O6. The largest absolute Gasteiger partial charge is 0.496 e. The van der Waals surface area contributed by atoms with Gasteiger partial charge in [0.05, 0.1) is 35.9 Å². The van der Waals surface area contributed by atoms with Gasteiger partial charge in [-0.3, -0.25) is 14.6 Å². The lowest BCUT2D eigenvalue weighted by atomic mass is 9.93. The van der Waals surface area contributed by atoms with Gasteiger partial charge < -0.3 is 24.8 Å². The number of allylic oxidation sites excluding steroid dienone is 1. The van der Waals surface area contributed by atoms with Gasteiger partial charge in [0.2, 0.25) is 11.8 Å². The minimum absolute atomic E-state index is 0.115. The summed E-state index contributed by atoms with van der Waals surface area (Å²) in [6.45, 7) is 4.46. The Hall–Kier alpha value is -4.47. The zero-order chi connectivity index (χ0) is 31.9. The van der Waals surface area contributed by atoms with Gasteiger partial charge in [-0.25, -0.2) is 9.78 Å². The van der Waals surface area contributed by atoms with Crippen molar-refractivity contribution in [2.45, 2.75) is 64.0 Å². The maximum atomic E-state index is 13.8. The SMILES string of the molecule is COc1ccc2c(O[C@@H]3C[C@H]4C(=O)N[C@]5(C(=O)O)C[C@H]5C=CCCCCN(C)C(=O)[C@@H]4C3)cc(-c3cccc(C)n3)nc2c1C. The van der Waals surface area contributed by atoms with Gasteiger partial charge >= 0.3 is 5.97 Å². The number of hydrogen-bond donors (Lipinski definition) is 2. The number of rotatable bonds is 5. The van der Waals surface area contributed by atoms with Crippen LogP contribution in [0.2, 0.25) is 0 Å². The fraction of sp³-hybridized carbons (Fsp3) is 0.457. The smallest absolute Gasteiger partial charge is 0.330 e. The molecule has 5 atom stereocenters. The van der Waals surface area contributed by atoms with E-state index in [0.29, 0.717) is 47.8 Å². The molecule has 236 valence electrons. The lowest BCUT2D eigenvalue weighted by Gasteiger charge is -2.26. The minimum Gasteiger partial charge on any atom is -0.496 e. The van der Waals surface area contributed by atoms with Crippen LogP contribution in [-0.2, 0) is 14.4 Å². The first-order valence-corrected chi connectivity index (χ1v) is 15.7. The molecule has 0 radical (unpaired) electrons. The number of methoxy groups -OCH3 is 1. The van der Waals surface area contributed by atoms with Crippen molar-refractivity contribution >= 4 is 28.7 Å². The molecule has 3 aliphatic rings. The number of fused-ring (bicyclic) bond motifs is 3. The highest BCUT2D eigenvalue weighted by Crippen LogP contribution is 2.47. The van der Waals surface area contributed by atoms with Crippen molar-refractivity contribution in [3.63, 3.8) is 0 Å². The zero-order valence-corrected chi connectivity index (χ0v) is 26.2. The second-order valence-electron chi connectivity index (χ2n) is 12.6. The topological polar surface area (TPSA) is 131 Å². The third kappa shape index (κ3) is 5.85. The Labute approximate surface area is 262 Å². The van der Waals surface area contributed by atoms with Crippen molar-refractivity contribution in [1.29, 1.82) is 0 Å². The Bertz CT molecular complexity index is 1690. The molecule has 0 unspecified atom stereocenters. The third-order valence-electron chi connectivity index (χ3n) is 9.59. The molecule has 2 aliphatic carbocycles. The number of carbonyl (C=O) groups excluding carboxylic acids is 2. The van der Waals surface area contributed by atoms with E-state index in [-0.39, 0.29) is 18.2 Å². The van der Waals surface area contributed by atoms with Crippen LogP contribution >= 0.6 is 0 Å². The van der Waals surface area contributed by atoms with Crippen LogP contribution in [0.3, 0.4) is 0 Å². The molecule has 45 heavy (non-hydrogen) atoms. The van der Waals surface area contributed by atoms with Gasteiger partial charge in [0.1, 0.15) is 23.1 Å². The number of pyridine rings is 2. The maximum absolute atomic E-state index is 13.8. The molecule has 2 fully saturated rings. The second kappa shape index (κ2) is 12.1. The summed E-state index contributed by atoms with van der Waals surface area (Å²) in [5, 5.41) is 13.7. The fourth-order valence-electron chi connectivity index (χ4n) is 6.89. The van der Waals surface area contributed by atoms with Crippen LogP contribution in [0.15, 0.2) is 48.6 Å². The predicted octanol–water partition coefficient (Wildman–Crippen LogP) is 4.85. The van der Waals surface area contributed by atoms with Crippen LogP contribution in [0.1, 0.15) is 49.8 Å². The molecule has 0 spiro atoms. The summed E-state index contributed by atoms with van der Waals surface area (Å²) in [7, 11) is 3.39. The summed E-state index contributed by atoms with van der Waals surface area (Å²) in [6, 6.07) is 11.4. The van der Waals surface area contributed by atoms with Crippen LogP contribution in [0.4, 0.5) is 0 Å². The average molecular weight is 613 g/mol. The summed E-state index contributed by atoms with van der Waals surface area (Å²) in [4.78, 5) is 51.2. The molecule has 2 saturated carbocycles. The lowest BCUT2D eigenvalue weighted by Crippen LogP contribution is -2.49. The molecule has 2 amide bonds. The predicted molar refractivity (Wildman–Crippen MR) is 169 cm³/mol. The number of benzene rings is 1. The van der Waals surface area contributed by atoms with Crippen LogP contribution in [-0.4, -0.2) is 70.1 Å². The van der Waals surface area contributed by atoms with Crippen molar-refractivity contribution in [3.05, 3.63) is 59.8 Å². The number of hydrogen-bond acceptors (Lipinski definition) is 7. The number of nitrogens with one attached hydrogen (secondary N) is 1. The number of nitrogens with zero attached hydrogens (tertiary/aromatic N) is 3. The van der Waals surface area contributed by atoms with Crippen molar-refractivity contribution in [2.75, 3.05) is 20.7 Å². The van der Waals surface area contributed by atoms with Crippen molar-refractivity contribution in [3.8, 4) is 22.9 Å². The molecule has 10 nitrogen and oxygen atoms in total. The molecule has 2 aromatic heterocycles. The molecule has 1 aromatic carbocycles. The van der Waals surface area contributed by atoms with Crippen molar-refractivity contribution < 1.29 is 29.0 Å². The Kier molecular flexibility index (Phi) is 8.24. The Morgan fingerprint density at radius 1 is 1.04 bits per heavy atom. The molecule has 6 rings (SSSR count). The highest BCUT2D eigenvalue weighted by molar-refractivity contribution is 5.94. The highest BCUT2D eigenvalue weighted by Gasteiger charge is 2.61. The van der Waals surface area contributed by atoms with Gasteiger partial charge in [0.25, 0.3) is 0 Å². The van der Waals surface area contributed by atoms with Crippen LogP contribution in [0, 0.1) is 31.6 Å². The summed E-state index contributed by atoms with van der Waals surface area (Å²) >= 11 is 0. The van der Waals surface area contributed by atoms with Crippen molar-refractivity contribution in [2.24, 2.45) is 17.8 Å². The monoisotopic (exact) mass is 612 g/mol. The summed E-state index contributed by atoms with van der Waals surface area (Å²) in [5.41, 5.74) is 2.44. The van der Waals surface area contributed by atoms with Gasteiger partial charge in [-0.2, -0.15) is 0 Å². The van der Waals surface area contributed by atoms with E-state index in [9.17, 15) is 19.5 Å². The highest BCUT2D eigenvalue weighted by atomic mass is 16.5. The molecule has 3 heterocycles. The molecule has 0 bridgehead atoms. The third-order valence-corrected chi connectivity index (χ3v) is 9.59. The molecule has 0 saturated heterocycles. The van der Waals surface area contributed by atoms with E-state index >= 15 is 0 Å². The van der Waals surface area contributed by atoms with E-state index in [2.05, 4.69) is 10.3 Å². The second-order valence-corrected chi connectivity index (χ2v) is 12.6. The summed E-state index contributed by atoms with van der Waals surface area (Å²) in [5.74, 6) is -1.90. The Balaban J connectivity index is 1.35. The van der Waals surface area contributed by atoms with E-state index in [1.807, 2.05) is 62.4 Å². The number of carbonyl (C=O) groups is 3. The normalized spacial score (nSPS) is 26.9. The fourth-order valence-corrected chi connectivity index (χ4v) is 6.89. The quantitative estimate of drug-likeness (QED) is 0.391. The summed E-state index contributed by atoms with van der Waals surface area (Å²) in [6.07, 6.45) is 6.93. The number of aryl methyl sites for hydroxylation is 2. The number of amides is 2. The first-order valence-electron chi connectivity index (χ1n) is 15.7. The first-order chi connectivity index (χ1) is 21.6. The van der Waals surface area contributed by atoms with E-state index in [1.165, 1.54) is 0 Å². The van der Waals surface area contributed by atoms with E-state index in [1.54, 1.807) is 19.1 Å². The van der Waals surface area contributed by atoms with Gasteiger partial charge in [-0.05, 0) is 76.6 Å². The standard InChI is InChI=1S/C35H40N4O6/c1-20-10-9-12-27(36-20)28-18-30(24-13-14-29(44-4)21(2)31(24)37-28)45-23-16-25-26(17-23)33(41)39(3)15-8-6-5-7-11-22-19-35(22,34(42)43)38-32(25)40/h7,9-14,18,22-23,25-26H,5-6,8,15-17,19H2,1-4H3,(H,38,40)(H,42,43)/t22-,23-,25-,26-,35-/m1/s1. The number of ether oxygens (including phenoxy) is 2. The van der Waals surface area contributed by atoms with Crippen molar-refractivity contribution in [1.82, 2.24) is 20.2 Å². The minimum atomic E-state index is -1.33. The number of aromatic nitrogens is 2. The maximum Gasteiger partial charge on any atom is 0.330 e. The van der Waals surface area contributed by atoms with E-state index in [4.69, 9.17) is 14.5 Å². The molecule has 3 aromatic rings. The molecular weight excluding hydrogens is 572 g/mol. The Morgan fingerprint density at radius 3 is 2.60 bits per heavy atom. The first kappa shape index (κ1) is 30.6. The van der Waals surface area contributed by atoms with Gasteiger partial charge in [0, 0.05) is 42.2 Å². The van der Waals surface area contributed by atoms with Crippen LogP contribution in [0.25, 0.3) is 22.3 Å². The van der Waals surface area contributed by atoms with E-state index in [0.717, 1.165) is 35.9 Å². The number of carboxylic acid groups (broad SMARTS) is 1. The van der Waals surface area contributed by atoms with E-state index < -0.39 is 35.4 Å². The number of carboxylic acids is 1. The van der Waals surface area contributed by atoms with Gasteiger partial charge in [-0.15, -0.1) is 0 Å². The lowest BCUT2D eigenvalue weighted by molar-refractivity contribution is -0.145. The van der Waals surface area contributed by atoms with Crippen LogP contribution < -0.4 is 14.8 Å². The average Bonchev–Trinajstić information content (AvgIpc) is 3.56. The van der Waals surface area contributed by atoms with Gasteiger partial charge in [-0.1, -0.05) is 18.2 Å². The Morgan fingerprint density at radius 2 is 1.84 bits per heavy atom. The zero-order valence-electron chi connectivity index (χ0n) is 26.2. The van der Waals surface area contributed by atoms with Crippen LogP contribution in [0.5, 0.6) is 11.5 Å². The molecule has 10 heteroatoms. The molecule has 1 aliphatic heterocycles. The van der Waals surface area contributed by atoms with Gasteiger partial charge in [0.15, 0.2) is 0 Å². The summed E-state index contributed by atoms with van der Waals surface area (Å²) < 4.78 is 12.3.